The summed E-state index contributed by atoms with van der Waals surface area (Å²) >= 11 is 0. The molecule has 2 aromatic carbocycles. The number of aromatic hydroxyl groups is 1. The van der Waals surface area contributed by atoms with Gasteiger partial charge in [0.25, 0.3) is 0 Å². The highest BCUT2D eigenvalue weighted by molar-refractivity contribution is 7.48. The summed E-state index contributed by atoms with van der Waals surface area (Å²) in [5, 5.41) is 12.3. The van der Waals surface area contributed by atoms with E-state index in [1.165, 1.54) is 24.6 Å². The van der Waals surface area contributed by atoms with Crippen LogP contribution in [0.3, 0.4) is 0 Å². The van der Waals surface area contributed by atoms with E-state index >= 15 is 0 Å². The van der Waals surface area contributed by atoms with Crippen molar-refractivity contribution in [3.05, 3.63) is 58.4 Å². The molecule has 0 radical (unpaired) electrons. The molecule has 34 heavy (non-hydrogen) atoms. The fourth-order valence-electron chi connectivity index (χ4n) is 4.58. The van der Waals surface area contributed by atoms with Crippen molar-refractivity contribution in [2.24, 2.45) is 0 Å². The molecule has 0 aliphatic rings. The van der Waals surface area contributed by atoms with Gasteiger partial charge in [0.05, 0.1) is 0 Å². The molecule has 0 aliphatic heterocycles. The van der Waals surface area contributed by atoms with Crippen LogP contribution >= 0.6 is 8.58 Å². The molecule has 0 bridgehead atoms. The highest BCUT2D eigenvalue weighted by atomic mass is 31.1. The lowest BCUT2D eigenvalue weighted by atomic mass is 9.76. The van der Waals surface area contributed by atoms with E-state index in [0.29, 0.717) is 11.3 Å². The van der Waals surface area contributed by atoms with E-state index in [1.807, 2.05) is 0 Å². The molecular weight excluding hydrogens is 442 g/mol. The second-order valence-electron chi connectivity index (χ2n) is 11.7. The Bertz CT molecular complexity index is 1010. The van der Waals surface area contributed by atoms with Crippen LogP contribution < -0.4 is 5.30 Å². The normalized spacial score (nSPS) is 14.5. The molecule has 0 amide bonds. The van der Waals surface area contributed by atoms with Gasteiger partial charge in [-0.1, -0.05) is 101 Å². The van der Waals surface area contributed by atoms with Gasteiger partial charge < -0.3 is 5.11 Å². The Kier molecular flexibility index (Phi) is 9.14. The lowest BCUT2D eigenvalue weighted by molar-refractivity contribution is 0.101. The molecule has 2 nitrogen and oxygen atoms in total. The highest BCUT2D eigenvalue weighted by Gasteiger charge is 2.37. The second kappa shape index (κ2) is 10.9. The molecule has 0 saturated heterocycles. The monoisotopic (exact) mass is 486 g/mol. The number of phenolic OH excluding ortho intramolecular Hbond substituents is 1. The largest absolute Gasteiger partial charge is 0.507 e. The first-order valence-corrected chi connectivity index (χ1v) is 13.6. The van der Waals surface area contributed by atoms with Crippen LogP contribution in [-0.2, 0) is 16.0 Å². The molecule has 4 heteroatoms. The lowest BCUT2D eigenvalue weighted by Gasteiger charge is -2.38. The van der Waals surface area contributed by atoms with Crippen molar-refractivity contribution < 1.29 is 14.3 Å². The molecule has 0 heterocycles. The number of unbranched alkanes of at least 4 members (excludes halogenated alkanes) is 2. The number of hydrogen-bond donors (Lipinski definition) is 1. The van der Waals surface area contributed by atoms with Gasteiger partial charge in [0, 0.05) is 16.3 Å². The second-order valence-corrected chi connectivity index (χ2v) is 13.4. The molecule has 2 aromatic rings. The predicted molar refractivity (Wildman–Crippen MR) is 146 cm³/mol. The molecule has 0 aliphatic carbocycles. The Morgan fingerprint density at radius 2 is 1.56 bits per heavy atom. The van der Waals surface area contributed by atoms with E-state index in [9.17, 15) is 14.3 Å². The first-order valence-electron chi connectivity index (χ1n) is 12.6. The summed E-state index contributed by atoms with van der Waals surface area (Å²) in [7, 11) is 0.251. The van der Waals surface area contributed by atoms with Gasteiger partial charge in [-0.25, -0.2) is 4.39 Å². The van der Waals surface area contributed by atoms with Crippen LogP contribution in [-0.4, -0.2) is 10.9 Å². The third-order valence-corrected chi connectivity index (χ3v) is 8.90. The Morgan fingerprint density at radius 3 is 2.06 bits per heavy atom. The molecule has 2 atom stereocenters. The minimum Gasteiger partial charge on any atom is -0.507 e. The number of Topliss-reactive ketones (excluding diaryl/α,β-unsaturated/α-hetero) is 1. The summed E-state index contributed by atoms with van der Waals surface area (Å²) in [6.07, 6.45) is 5.00. The van der Waals surface area contributed by atoms with Crippen LogP contribution in [0.15, 0.2) is 30.3 Å². The van der Waals surface area contributed by atoms with Crippen molar-refractivity contribution in [1.29, 1.82) is 0 Å². The summed E-state index contributed by atoms with van der Waals surface area (Å²) in [5.74, 6) is -0.138. The van der Waals surface area contributed by atoms with Crippen LogP contribution in [0.1, 0.15) is 121 Å². The average Bonchev–Trinajstić information content (AvgIpc) is 2.72. The molecule has 2 rings (SSSR count). The van der Waals surface area contributed by atoms with Gasteiger partial charge in [0.15, 0.2) is 5.78 Å². The Labute approximate surface area is 208 Å². The number of carbonyl (C=O) groups is 1. The zero-order chi connectivity index (χ0) is 25.9. The van der Waals surface area contributed by atoms with Crippen molar-refractivity contribution in [2.45, 2.75) is 110 Å². The minimum atomic E-state index is -0.389. The number of hydrogen-bond acceptors (Lipinski definition) is 2. The number of carbonyl (C=O) groups excluding carboxylic acids is 1. The highest BCUT2D eigenvalue weighted by Crippen LogP contribution is 2.54. The number of halogens is 1. The Balaban J connectivity index is 2.85. The first-order chi connectivity index (χ1) is 15.7. The number of benzene rings is 2. The molecule has 0 saturated carbocycles. The number of phenols is 1. The third kappa shape index (κ3) is 6.48. The van der Waals surface area contributed by atoms with Gasteiger partial charge in [0.1, 0.15) is 11.6 Å². The molecule has 2 unspecified atom stereocenters. The standard InChI is InChI=1S/C30H44FO2P/c1-10-12-13-16-30(11-2,34-26-15-14-22(31)19-23(26)20(3)32)25-18-21(28(4,5)6)17-24(27(25)33)29(7,8)9/h14-15,17-19,33-34H,10-13,16H2,1-9H3. The Hall–Kier alpha value is -1.73. The number of rotatable bonds is 9. The maximum absolute atomic E-state index is 14.0. The van der Waals surface area contributed by atoms with E-state index < -0.39 is 0 Å². The van der Waals surface area contributed by atoms with Crippen LogP contribution in [0, 0.1) is 5.82 Å². The van der Waals surface area contributed by atoms with Crippen molar-refractivity contribution in [1.82, 2.24) is 0 Å². The third-order valence-electron chi connectivity index (χ3n) is 6.85. The zero-order valence-electron chi connectivity index (χ0n) is 22.7. The summed E-state index contributed by atoms with van der Waals surface area (Å²) < 4.78 is 14.0. The topological polar surface area (TPSA) is 37.3 Å². The quantitative estimate of drug-likeness (QED) is 0.219. The molecule has 1 N–H and O–H groups in total. The smallest absolute Gasteiger partial charge is 0.160 e. The lowest BCUT2D eigenvalue weighted by Crippen LogP contribution is -2.27. The van der Waals surface area contributed by atoms with E-state index in [0.717, 1.165) is 48.5 Å². The van der Waals surface area contributed by atoms with E-state index in [2.05, 4.69) is 67.5 Å². The molecule has 0 aromatic heterocycles. The van der Waals surface area contributed by atoms with Gasteiger partial charge in [-0.3, -0.25) is 4.79 Å². The van der Waals surface area contributed by atoms with Crippen LogP contribution in [0.4, 0.5) is 4.39 Å². The Morgan fingerprint density at radius 1 is 0.941 bits per heavy atom. The predicted octanol–water partition coefficient (Wildman–Crippen LogP) is 8.52. The van der Waals surface area contributed by atoms with Crippen LogP contribution in [0.25, 0.3) is 0 Å². The maximum atomic E-state index is 14.0. The van der Waals surface area contributed by atoms with Crippen molar-refractivity contribution in [2.75, 3.05) is 0 Å². The van der Waals surface area contributed by atoms with E-state index in [1.54, 1.807) is 6.07 Å². The minimum absolute atomic E-state index is 0.0745. The summed E-state index contributed by atoms with van der Waals surface area (Å²) in [6.45, 7) is 18.9. The average molecular weight is 487 g/mol. The molecule has 188 valence electrons. The maximum Gasteiger partial charge on any atom is 0.160 e. The van der Waals surface area contributed by atoms with Gasteiger partial charge in [-0.05, 0) is 59.2 Å². The summed E-state index contributed by atoms with van der Waals surface area (Å²) in [6, 6.07) is 8.94. The van der Waals surface area contributed by atoms with E-state index in [-0.39, 0.29) is 36.2 Å². The first kappa shape index (κ1) is 28.5. The van der Waals surface area contributed by atoms with Crippen LogP contribution in [0.5, 0.6) is 5.75 Å². The molecular formula is C30H44FO2P. The van der Waals surface area contributed by atoms with Gasteiger partial charge >= 0.3 is 0 Å². The fourth-order valence-corrected chi connectivity index (χ4v) is 6.44. The van der Waals surface area contributed by atoms with Gasteiger partial charge in [0.2, 0.25) is 0 Å². The summed E-state index contributed by atoms with van der Waals surface area (Å²) in [5.41, 5.74) is 3.30. The van der Waals surface area contributed by atoms with Crippen molar-refractivity contribution in [3.8, 4) is 5.75 Å². The summed E-state index contributed by atoms with van der Waals surface area (Å²) in [4.78, 5) is 12.4. The molecule has 0 fully saturated rings. The van der Waals surface area contributed by atoms with Gasteiger partial charge in [-0.2, -0.15) is 0 Å². The van der Waals surface area contributed by atoms with Crippen molar-refractivity contribution >= 4 is 19.7 Å². The van der Waals surface area contributed by atoms with Crippen molar-refractivity contribution in [3.63, 3.8) is 0 Å². The zero-order valence-corrected chi connectivity index (χ0v) is 23.7. The molecule has 0 spiro atoms. The SMILES string of the molecule is CCCCCC(CC)(Pc1ccc(F)cc1C(C)=O)c1cc(C(C)(C)C)cc(C(C)(C)C)c1O. The van der Waals surface area contributed by atoms with Gasteiger partial charge in [-0.15, -0.1) is 0 Å². The van der Waals surface area contributed by atoms with E-state index in [4.69, 9.17) is 0 Å². The number of ketones is 1. The van der Waals surface area contributed by atoms with Crippen LogP contribution in [0.2, 0.25) is 0 Å². The fraction of sp³-hybridized carbons (Fsp3) is 0.567.